The van der Waals surface area contributed by atoms with Crippen LogP contribution in [0.25, 0.3) is 0 Å². The van der Waals surface area contributed by atoms with E-state index in [0.717, 1.165) is 32.0 Å². The SMILES string of the molecule is CCNC(=NCC1CCS(=O)(=O)C1)NCC1CCCN1CC. The molecule has 0 bridgehead atoms. The van der Waals surface area contributed by atoms with Crippen LogP contribution in [-0.2, 0) is 9.84 Å². The number of hydrogen-bond acceptors (Lipinski definition) is 4. The second kappa shape index (κ2) is 8.15. The fourth-order valence-electron chi connectivity index (χ4n) is 3.34. The zero-order chi connectivity index (χ0) is 16.0. The normalized spacial score (nSPS) is 28.9. The van der Waals surface area contributed by atoms with E-state index in [0.29, 0.717) is 24.1 Å². The van der Waals surface area contributed by atoms with Crippen molar-refractivity contribution in [2.75, 3.05) is 44.2 Å². The predicted molar refractivity (Wildman–Crippen MR) is 91.0 cm³/mol. The number of likely N-dealkylation sites (N-methyl/N-ethyl adjacent to an activating group) is 1. The summed E-state index contributed by atoms with van der Waals surface area (Å²) in [6.45, 7) is 8.86. The van der Waals surface area contributed by atoms with Gasteiger partial charge >= 0.3 is 0 Å². The summed E-state index contributed by atoms with van der Waals surface area (Å²) in [7, 11) is -2.81. The van der Waals surface area contributed by atoms with Gasteiger partial charge in [0.2, 0.25) is 0 Å². The molecule has 2 atom stereocenters. The van der Waals surface area contributed by atoms with Gasteiger partial charge in [0.15, 0.2) is 15.8 Å². The van der Waals surface area contributed by atoms with Crippen LogP contribution in [0.15, 0.2) is 4.99 Å². The first-order valence-electron chi connectivity index (χ1n) is 8.50. The third-order valence-corrected chi connectivity index (χ3v) is 6.43. The quantitative estimate of drug-likeness (QED) is 0.547. The Morgan fingerprint density at radius 1 is 1.27 bits per heavy atom. The van der Waals surface area contributed by atoms with Crippen molar-refractivity contribution in [2.24, 2.45) is 10.9 Å². The molecule has 22 heavy (non-hydrogen) atoms. The molecule has 2 aliphatic rings. The second-order valence-corrected chi connectivity index (χ2v) is 8.52. The number of aliphatic imine (C=N–C) groups is 1. The van der Waals surface area contributed by atoms with Crippen LogP contribution < -0.4 is 10.6 Å². The molecule has 2 saturated heterocycles. The van der Waals surface area contributed by atoms with Gasteiger partial charge in [0, 0.05) is 25.7 Å². The molecule has 0 spiro atoms. The molecule has 2 rings (SSSR count). The fourth-order valence-corrected chi connectivity index (χ4v) is 5.18. The summed E-state index contributed by atoms with van der Waals surface area (Å²) >= 11 is 0. The van der Waals surface area contributed by atoms with Crippen LogP contribution >= 0.6 is 0 Å². The van der Waals surface area contributed by atoms with Crippen molar-refractivity contribution in [1.29, 1.82) is 0 Å². The average molecular weight is 330 g/mol. The fraction of sp³-hybridized carbons (Fsp3) is 0.933. The highest BCUT2D eigenvalue weighted by Gasteiger charge is 2.27. The zero-order valence-corrected chi connectivity index (χ0v) is 14.7. The van der Waals surface area contributed by atoms with E-state index in [1.807, 2.05) is 6.92 Å². The molecule has 0 aliphatic carbocycles. The molecule has 2 unspecified atom stereocenters. The molecule has 128 valence electrons. The van der Waals surface area contributed by atoms with E-state index in [-0.39, 0.29) is 5.92 Å². The number of rotatable bonds is 6. The Morgan fingerprint density at radius 2 is 2.09 bits per heavy atom. The van der Waals surface area contributed by atoms with Gasteiger partial charge in [-0.05, 0) is 45.2 Å². The third-order valence-electron chi connectivity index (χ3n) is 4.59. The maximum Gasteiger partial charge on any atom is 0.191 e. The standard InChI is InChI=1S/C15H30N4O2S/c1-3-16-15(17-10-13-7-9-22(20,21)12-13)18-11-14-6-5-8-19(14)4-2/h13-14H,3-12H2,1-2H3,(H2,16,17,18). The van der Waals surface area contributed by atoms with Gasteiger partial charge in [-0.15, -0.1) is 0 Å². The smallest absolute Gasteiger partial charge is 0.191 e. The summed E-state index contributed by atoms with van der Waals surface area (Å²) < 4.78 is 23.0. The average Bonchev–Trinajstić information content (AvgIpc) is 3.07. The molecule has 6 nitrogen and oxygen atoms in total. The number of guanidine groups is 1. The Labute approximate surface area is 134 Å². The topological polar surface area (TPSA) is 73.8 Å². The lowest BCUT2D eigenvalue weighted by molar-refractivity contribution is 0.267. The first-order valence-corrected chi connectivity index (χ1v) is 10.3. The molecule has 0 saturated carbocycles. The van der Waals surface area contributed by atoms with Gasteiger partial charge in [0.25, 0.3) is 0 Å². The van der Waals surface area contributed by atoms with Crippen LogP contribution in [0.4, 0.5) is 0 Å². The van der Waals surface area contributed by atoms with E-state index in [1.165, 1.54) is 19.4 Å². The van der Waals surface area contributed by atoms with Crippen LogP contribution in [0, 0.1) is 5.92 Å². The highest BCUT2D eigenvalue weighted by molar-refractivity contribution is 7.91. The summed E-state index contributed by atoms with van der Waals surface area (Å²) in [5.74, 6) is 1.61. The number of likely N-dealkylation sites (tertiary alicyclic amines) is 1. The van der Waals surface area contributed by atoms with Gasteiger partial charge in [0.05, 0.1) is 11.5 Å². The minimum absolute atomic E-state index is 0.180. The van der Waals surface area contributed by atoms with E-state index in [9.17, 15) is 8.42 Å². The van der Waals surface area contributed by atoms with E-state index < -0.39 is 9.84 Å². The Hall–Kier alpha value is -0.820. The van der Waals surface area contributed by atoms with Crippen LogP contribution in [-0.4, -0.2) is 69.5 Å². The van der Waals surface area contributed by atoms with Crippen LogP contribution in [0.3, 0.4) is 0 Å². The third kappa shape index (κ3) is 5.12. The molecule has 2 heterocycles. The molecular weight excluding hydrogens is 300 g/mol. The lowest BCUT2D eigenvalue weighted by atomic mass is 10.1. The molecule has 7 heteroatoms. The number of nitrogens with one attached hydrogen (secondary N) is 2. The van der Waals surface area contributed by atoms with E-state index in [1.54, 1.807) is 0 Å². The van der Waals surface area contributed by atoms with Crippen molar-refractivity contribution >= 4 is 15.8 Å². The molecule has 2 fully saturated rings. The first kappa shape index (κ1) is 17.5. The van der Waals surface area contributed by atoms with Crippen molar-refractivity contribution in [1.82, 2.24) is 15.5 Å². The van der Waals surface area contributed by atoms with Crippen LogP contribution in [0.1, 0.15) is 33.1 Å². The van der Waals surface area contributed by atoms with Crippen LogP contribution in [0.2, 0.25) is 0 Å². The van der Waals surface area contributed by atoms with Gasteiger partial charge in [-0.1, -0.05) is 6.92 Å². The molecule has 0 aromatic rings. The Bertz CT molecular complexity index is 478. The molecule has 0 amide bonds. The maximum atomic E-state index is 11.5. The van der Waals surface area contributed by atoms with E-state index in [4.69, 9.17) is 0 Å². The van der Waals surface area contributed by atoms with Crippen molar-refractivity contribution in [3.05, 3.63) is 0 Å². The van der Waals surface area contributed by atoms with Crippen molar-refractivity contribution in [2.45, 2.75) is 39.2 Å². The summed E-state index contributed by atoms with van der Waals surface area (Å²) in [6, 6.07) is 0.584. The Balaban J connectivity index is 1.82. The van der Waals surface area contributed by atoms with E-state index in [2.05, 4.69) is 27.4 Å². The maximum absolute atomic E-state index is 11.5. The molecular formula is C15H30N4O2S. The molecule has 2 N–H and O–H groups in total. The first-order chi connectivity index (χ1) is 10.5. The monoisotopic (exact) mass is 330 g/mol. The lowest BCUT2D eigenvalue weighted by Crippen LogP contribution is -2.45. The molecule has 0 aromatic heterocycles. The lowest BCUT2D eigenvalue weighted by Gasteiger charge is -2.24. The molecule has 0 radical (unpaired) electrons. The van der Waals surface area contributed by atoms with Gasteiger partial charge in [-0.3, -0.25) is 9.89 Å². The molecule has 0 aromatic carbocycles. The van der Waals surface area contributed by atoms with Crippen molar-refractivity contribution in [3.63, 3.8) is 0 Å². The summed E-state index contributed by atoms with van der Waals surface area (Å²) in [5.41, 5.74) is 0. The summed E-state index contributed by atoms with van der Waals surface area (Å²) in [6.07, 6.45) is 3.26. The second-order valence-electron chi connectivity index (χ2n) is 6.29. The van der Waals surface area contributed by atoms with E-state index >= 15 is 0 Å². The highest BCUT2D eigenvalue weighted by atomic mass is 32.2. The Morgan fingerprint density at radius 3 is 2.73 bits per heavy atom. The zero-order valence-electron chi connectivity index (χ0n) is 13.8. The Kier molecular flexibility index (Phi) is 6.50. The number of nitrogens with zero attached hydrogens (tertiary/aromatic N) is 2. The predicted octanol–water partition coefficient (Wildman–Crippen LogP) is 0.461. The van der Waals surface area contributed by atoms with Gasteiger partial charge in [-0.2, -0.15) is 0 Å². The number of sulfone groups is 1. The van der Waals surface area contributed by atoms with Gasteiger partial charge in [-0.25, -0.2) is 8.42 Å². The van der Waals surface area contributed by atoms with Crippen molar-refractivity contribution < 1.29 is 8.42 Å². The van der Waals surface area contributed by atoms with Crippen molar-refractivity contribution in [3.8, 4) is 0 Å². The largest absolute Gasteiger partial charge is 0.357 e. The minimum atomic E-state index is -2.81. The minimum Gasteiger partial charge on any atom is -0.357 e. The summed E-state index contributed by atoms with van der Waals surface area (Å²) in [4.78, 5) is 7.08. The van der Waals surface area contributed by atoms with Gasteiger partial charge < -0.3 is 10.6 Å². The molecule has 2 aliphatic heterocycles. The van der Waals surface area contributed by atoms with Gasteiger partial charge in [0.1, 0.15) is 0 Å². The summed E-state index contributed by atoms with van der Waals surface area (Å²) in [5, 5.41) is 6.67. The highest BCUT2D eigenvalue weighted by Crippen LogP contribution is 2.18. The van der Waals surface area contributed by atoms with Crippen LogP contribution in [0.5, 0.6) is 0 Å². The number of hydrogen-bond donors (Lipinski definition) is 2.